The molecule has 0 atom stereocenters. The Morgan fingerprint density at radius 2 is 1.43 bits per heavy atom. The third-order valence-corrected chi connectivity index (χ3v) is 3.03. The lowest BCUT2D eigenvalue weighted by Gasteiger charge is -2.06. The van der Waals surface area contributed by atoms with Crippen LogP contribution in [0, 0.1) is 5.82 Å². The fourth-order valence-corrected chi connectivity index (χ4v) is 1.81. The van der Waals surface area contributed by atoms with E-state index in [4.69, 9.17) is 4.74 Å². The molecule has 0 aliphatic rings. The van der Waals surface area contributed by atoms with Crippen molar-refractivity contribution in [1.82, 2.24) is 0 Å². The van der Waals surface area contributed by atoms with E-state index in [2.05, 4.69) is 0 Å². The molecule has 0 radical (unpaired) electrons. The van der Waals surface area contributed by atoms with Crippen LogP contribution >= 0.6 is 0 Å². The molecule has 21 heavy (non-hydrogen) atoms. The summed E-state index contributed by atoms with van der Waals surface area (Å²) in [4.78, 5) is 23.3. The van der Waals surface area contributed by atoms with E-state index < -0.39 is 0 Å². The third kappa shape index (κ3) is 3.99. The minimum absolute atomic E-state index is 0.0592. The van der Waals surface area contributed by atoms with E-state index in [1.54, 1.807) is 31.2 Å². The molecule has 4 heteroatoms. The lowest BCUT2D eigenvalue weighted by molar-refractivity contribution is 0.0920. The Morgan fingerprint density at radius 3 is 2.00 bits per heavy atom. The summed E-state index contributed by atoms with van der Waals surface area (Å²) < 4.78 is 18.1. The first-order valence-electron chi connectivity index (χ1n) is 6.65. The molecule has 0 saturated heterocycles. The highest BCUT2D eigenvalue weighted by Crippen LogP contribution is 2.14. The molecule has 2 rings (SSSR count). The first-order chi connectivity index (χ1) is 10.1. The van der Waals surface area contributed by atoms with E-state index >= 15 is 0 Å². The summed E-state index contributed by atoms with van der Waals surface area (Å²) >= 11 is 0. The topological polar surface area (TPSA) is 43.4 Å². The van der Waals surface area contributed by atoms with Crippen LogP contribution in [0.15, 0.2) is 48.5 Å². The first-order valence-corrected chi connectivity index (χ1v) is 6.65. The second-order valence-corrected chi connectivity index (χ2v) is 4.52. The van der Waals surface area contributed by atoms with Gasteiger partial charge in [0.05, 0.1) is 0 Å². The molecule has 0 fully saturated rings. The second kappa shape index (κ2) is 6.79. The van der Waals surface area contributed by atoms with E-state index in [1.165, 1.54) is 24.3 Å². The van der Waals surface area contributed by atoms with Crippen LogP contribution in [-0.2, 0) is 0 Å². The zero-order valence-electron chi connectivity index (χ0n) is 11.6. The van der Waals surface area contributed by atoms with E-state index in [0.29, 0.717) is 23.3 Å². The van der Waals surface area contributed by atoms with E-state index in [-0.39, 0.29) is 24.0 Å². The van der Waals surface area contributed by atoms with Gasteiger partial charge in [-0.3, -0.25) is 9.59 Å². The van der Waals surface area contributed by atoms with Gasteiger partial charge in [-0.05, 0) is 48.5 Å². The van der Waals surface area contributed by atoms with E-state index in [1.807, 2.05) is 0 Å². The van der Waals surface area contributed by atoms with Crippen LogP contribution in [0.3, 0.4) is 0 Å². The molecule has 0 aliphatic carbocycles. The SMILES string of the molecule is CCC(=O)c1ccc(OCC(=O)c2ccc(F)cc2)cc1. The summed E-state index contributed by atoms with van der Waals surface area (Å²) in [5.41, 5.74) is 1.02. The van der Waals surface area contributed by atoms with E-state index in [9.17, 15) is 14.0 Å². The Balaban J connectivity index is 1.95. The Kier molecular flexibility index (Phi) is 4.82. The van der Waals surface area contributed by atoms with Crippen molar-refractivity contribution in [3.05, 3.63) is 65.5 Å². The second-order valence-electron chi connectivity index (χ2n) is 4.52. The number of carbonyl (C=O) groups is 2. The number of benzene rings is 2. The summed E-state index contributed by atoms with van der Waals surface area (Å²) in [6.07, 6.45) is 0.448. The number of rotatable bonds is 6. The maximum Gasteiger partial charge on any atom is 0.200 e. The molecule has 108 valence electrons. The smallest absolute Gasteiger partial charge is 0.200 e. The van der Waals surface area contributed by atoms with Gasteiger partial charge in [0, 0.05) is 17.5 Å². The van der Waals surface area contributed by atoms with Gasteiger partial charge in [-0.15, -0.1) is 0 Å². The normalized spacial score (nSPS) is 10.2. The van der Waals surface area contributed by atoms with Gasteiger partial charge < -0.3 is 4.74 Å². The molecular formula is C17H15FO3. The largest absolute Gasteiger partial charge is 0.485 e. The number of hydrogen-bond donors (Lipinski definition) is 0. The molecule has 2 aromatic carbocycles. The molecule has 0 N–H and O–H groups in total. The van der Waals surface area contributed by atoms with Gasteiger partial charge in [-0.2, -0.15) is 0 Å². The summed E-state index contributed by atoms with van der Waals surface area (Å²) in [5, 5.41) is 0. The Bertz CT molecular complexity index is 630. The summed E-state index contributed by atoms with van der Waals surface area (Å²) in [6, 6.07) is 12.0. The standard InChI is InChI=1S/C17H15FO3/c1-2-16(19)12-5-9-15(10-6-12)21-11-17(20)13-3-7-14(18)8-4-13/h3-10H,2,11H2,1H3. The Morgan fingerprint density at radius 1 is 0.905 bits per heavy atom. The van der Waals surface area contributed by atoms with Crippen molar-refractivity contribution < 1.29 is 18.7 Å². The number of carbonyl (C=O) groups excluding carboxylic acids is 2. The molecule has 0 saturated carbocycles. The summed E-state index contributed by atoms with van der Waals surface area (Å²) in [5.74, 6) is -0.0468. The lowest BCUT2D eigenvalue weighted by atomic mass is 10.1. The van der Waals surface area contributed by atoms with Crippen LogP contribution in [0.4, 0.5) is 4.39 Å². The molecule has 0 spiro atoms. The summed E-state index contributed by atoms with van der Waals surface area (Å²) in [7, 11) is 0. The average molecular weight is 286 g/mol. The van der Waals surface area contributed by atoms with Crippen LogP contribution in [0.25, 0.3) is 0 Å². The minimum Gasteiger partial charge on any atom is -0.485 e. The third-order valence-electron chi connectivity index (χ3n) is 3.03. The number of ether oxygens (including phenoxy) is 1. The molecular weight excluding hydrogens is 271 g/mol. The Labute approximate surface area is 122 Å². The number of hydrogen-bond acceptors (Lipinski definition) is 3. The summed E-state index contributed by atoms with van der Waals surface area (Å²) in [6.45, 7) is 1.67. The van der Waals surface area contributed by atoms with Crippen LogP contribution in [0.1, 0.15) is 34.1 Å². The van der Waals surface area contributed by atoms with Gasteiger partial charge in [0.2, 0.25) is 0 Å². The van der Waals surface area contributed by atoms with Crippen LogP contribution in [0.5, 0.6) is 5.75 Å². The molecule has 0 unspecified atom stereocenters. The Hall–Kier alpha value is -2.49. The van der Waals surface area contributed by atoms with Gasteiger partial charge in [0.25, 0.3) is 0 Å². The fourth-order valence-electron chi connectivity index (χ4n) is 1.81. The van der Waals surface area contributed by atoms with Gasteiger partial charge >= 0.3 is 0 Å². The maximum atomic E-state index is 12.8. The molecule has 0 amide bonds. The predicted molar refractivity (Wildman–Crippen MR) is 77.3 cm³/mol. The molecule has 0 heterocycles. The van der Waals surface area contributed by atoms with Gasteiger partial charge in [-0.1, -0.05) is 6.92 Å². The van der Waals surface area contributed by atoms with Gasteiger partial charge in [0.15, 0.2) is 18.2 Å². The van der Waals surface area contributed by atoms with E-state index in [0.717, 1.165) is 0 Å². The molecule has 0 aliphatic heterocycles. The molecule has 0 bridgehead atoms. The highest BCUT2D eigenvalue weighted by Gasteiger charge is 2.08. The number of Topliss-reactive ketones (excluding diaryl/α,β-unsaturated/α-hetero) is 2. The minimum atomic E-state index is -0.386. The van der Waals surface area contributed by atoms with Crippen LogP contribution in [-0.4, -0.2) is 18.2 Å². The van der Waals surface area contributed by atoms with Crippen molar-refractivity contribution in [3.8, 4) is 5.75 Å². The van der Waals surface area contributed by atoms with Crippen molar-refractivity contribution in [2.45, 2.75) is 13.3 Å². The van der Waals surface area contributed by atoms with Crippen molar-refractivity contribution in [1.29, 1.82) is 0 Å². The lowest BCUT2D eigenvalue weighted by Crippen LogP contribution is -2.11. The first kappa shape index (κ1) is 14.9. The van der Waals surface area contributed by atoms with Crippen molar-refractivity contribution >= 4 is 11.6 Å². The molecule has 3 nitrogen and oxygen atoms in total. The fraction of sp³-hybridized carbons (Fsp3) is 0.176. The highest BCUT2D eigenvalue weighted by atomic mass is 19.1. The van der Waals surface area contributed by atoms with Crippen molar-refractivity contribution in [3.63, 3.8) is 0 Å². The van der Waals surface area contributed by atoms with Gasteiger partial charge in [-0.25, -0.2) is 4.39 Å². The quantitative estimate of drug-likeness (QED) is 0.761. The zero-order valence-corrected chi connectivity index (χ0v) is 11.6. The highest BCUT2D eigenvalue weighted by molar-refractivity contribution is 5.97. The zero-order chi connectivity index (χ0) is 15.2. The molecule has 2 aromatic rings. The number of halogens is 1. The molecule has 0 aromatic heterocycles. The monoisotopic (exact) mass is 286 g/mol. The van der Waals surface area contributed by atoms with Crippen molar-refractivity contribution in [2.24, 2.45) is 0 Å². The average Bonchev–Trinajstić information content (AvgIpc) is 2.53. The van der Waals surface area contributed by atoms with Crippen LogP contribution < -0.4 is 4.74 Å². The van der Waals surface area contributed by atoms with Gasteiger partial charge in [0.1, 0.15) is 11.6 Å². The van der Waals surface area contributed by atoms with Crippen molar-refractivity contribution in [2.75, 3.05) is 6.61 Å². The number of ketones is 2. The van der Waals surface area contributed by atoms with Crippen LogP contribution in [0.2, 0.25) is 0 Å². The predicted octanol–water partition coefficient (Wildman–Crippen LogP) is 3.68. The maximum absolute atomic E-state index is 12.8.